The molecule has 0 radical (unpaired) electrons. The van der Waals surface area contributed by atoms with Crippen molar-refractivity contribution in [3.8, 4) is 17.6 Å². The second-order valence-corrected chi connectivity index (χ2v) is 4.18. The van der Waals surface area contributed by atoms with Gasteiger partial charge in [0.25, 0.3) is 0 Å². The molecule has 0 bridgehead atoms. The summed E-state index contributed by atoms with van der Waals surface area (Å²) in [6.07, 6.45) is 3.65. The molecule has 0 atom stereocenters. The number of benzene rings is 1. The highest BCUT2D eigenvalue weighted by Crippen LogP contribution is 2.32. The lowest BCUT2D eigenvalue weighted by atomic mass is 10.2. The second kappa shape index (κ2) is 5.70. The first-order valence-corrected chi connectivity index (χ1v) is 5.81. The van der Waals surface area contributed by atoms with Crippen LogP contribution in [0.4, 0.5) is 4.39 Å². The summed E-state index contributed by atoms with van der Waals surface area (Å²) in [7, 11) is 0. The Morgan fingerprint density at radius 3 is 2.88 bits per heavy atom. The topological polar surface area (TPSA) is 29.5 Å². The summed E-state index contributed by atoms with van der Waals surface area (Å²) in [5, 5.41) is 8.53. The molecule has 17 heavy (non-hydrogen) atoms. The number of aliphatic hydroxyl groups excluding tert-OH is 1. The molecule has 0 aromatic heterocycles. The van der Waals surface area contributed by atoms with Gasteiger partial charge >= 0.3 is 0 Å². The van der Waals surface area contributed by atoms with E-state index in [0.717, 1.165) is 12.3 Å². The Balaban J connectivity index is 1.92. The molecule has 2 rings (SSSR count). The van der Waals surface area contributed by atoms with Gasteiger partial charge in [0.05, 0.1) is 12.2 Å². The van der Waals surface area contributed by atoms with Crippen LogP contribution in [0.15, 0.2) is 18.2 Å². The van der Waals surface area contributed by atoms with Crippen molar-refractivity contribution in [2.75, 3.05) is 13.2 Å². The van der Waals surface area contributed by atoms with Crippen molar-refractivity contribution in [2.45, 2.75) is 19.3 Å². The second-order valence-electron chi connectivity index (χ2n) is 4.18. The first kappa shape index (κ1) is 11.9. The number of hydrogen-bond donors (Lipinski definition) is 1. The zero-order chi connectivity index (χ0) is 12.1. The molecule has 1 N–H and O–H groups in total. The standard InChI is InChI=1S/C14H15FO2/c15-14-10-13(17-9-7-11-3-4-11)6-5-12(14)2-1-8-16/h5-6,10-11,16H,3-4,7-9H2. The molecule has 1 aliphatic rings. The van der Waals surface area contributed by atoms with E-state index in [-0.39, 0.29) is 12.2 Å². The Morgan fingerprint density at radius 1 is 1.41 bits per heavy atom. The van der Waals surface area contributed by atoms with Gasteiger partial charge in [-0.3, -0.25) is 0 Å². The average Bonchev–Trinajstić information content (AvgIpc) is 3.12. The number of hydrogen-bond acceptors (Lipinski definition) is 2. The van der Waals surface area contributed by atoms with Gasteiger partial charge in [0.1, 0.15) is 18.2 Å². The van der Waals surface area contributed by atoms with E-state index >= 15 is 0 Å². The molecule has 0 unspecified atom stereocenters. The van der Waals surface area contributed by atoms with Gasteiger partial charge in [0.2, 0.25) is 0 Å². The Kier molecular flexibility index (Phi) is 4.00. The highest BCUT2D eigenvalue weighted by Gasteiger charge is 2.20. The van der Waals surface area contributed by atoms with E-state index in [1.54, 1.807) is 12.1 Å². The number of aliphatic hydroxyl groups is 1. The molecule has 0 amide bonds. The Hall–Kier alpha value is -1.53. The third kappa shape index (κ3) is 3.76. The van der Waals surface area contributed by atoms with E-state index in [9.17, 15) is 4.39 Å². The van der Waals surface area contributed by atoms with Crippen LogP contribution in [0.5, 0.6) is 5.75 Å². The SMILES string of the molecule is OCC#Cc1ccc(OCCC2CC2)cc1F. The fourth-order valence-electron chi connectivity index (χ4n) is 1.57. The highest BCUT2D eigenvalue weighted by molar-refractivity contribution is 5.39. The number of ether oxygens (including phenoxy) is 1. The molecule has 0 heterocycles. The third-order valence-corrected chi connectivity index (χ3v) is 2.73. The fourth-order valence-corrected chi connectivity index (χ4v) is 1.57. The molecular formula is C14H15FO2. The molecule has 1 aliphatic carbocycles. The smallest absolute Gasteiger partial charge is 0.142 e. The maximum atomic E-state index is 13.5. The van der Waals surface area contributed by atoms with Gasteiger partial charge in [0.15, 0.2) is 0 Å². The average molecular weight is 234 g/mol. The first-order chi connectivity index (χ1) is 8.29. The zero-order valence-electron chi connectivity index (χ0n) is 9.58. The van der Waals surface area contributed by atoms with Gasteiger partial charge in [-0.15, -0.1) is 0 Å². The van der Waals surface area contributed by atoms with Crippen molar-refractivity contribution in [2.24, 2.45) is 5.92 Å². The molecule has 3 heteroatoms. The van der Waals surface area contributed by atoms with Crippen LogP contribution >= 0.6 is 0 Å². The lowest BCUT2D eigenvalue weighted by molar-refractivity contribution is 0.301. The third-order valence-electron chi connectivity index (χ3n) is 2.73. The van der Waals surface area contributed by atoms with E-state index in [4.69, 9.17) is 9.84 Å². The van der Waals surface area contributed by atoms with Crippen molar-refractivity contribution >= 4 is 0 Å². The number of halogens is 1. The largest absolute Gasteiger partial charge is 0.493 e. The quantitative estimate of drug-likeness (QED) is 0.810. The van der Waals surface area contributed by atoms with E-state index < -0.39 is 5.82 Å². The van der Waals surface area contributed by atoms with Crippen molar-refractivity contribution < 1.29 is 14.2 Å². The van der Waals surface area contributed by atoms with Crippen molar-refractivity contribution in [1.82, 2.24) is 0 Å². The van der Waals surface area contributed by atoms with Crippen LogP contribution in [-0.4, -0.2) is 18.3 Å². The fraction of sp³-hybridized carbons (Fsp3) is 0.429. The maximum absolute atomic E-state index is 13.5. The highest BCUT2D eigenvalue weighted by atomic mass is 19.1. The molecule has 0 aliphatic heterocycles. The summed E-state index contributed by atoms with van der Waals surface area (Å²) < 4.78 is 19.0. The Labute approximate surface area is 100 Å². The molecular weight excluding hydrogens is 219 g/mol. The molecule has 90 valence electrons. The summed E-state index contributed by atoms with van der Waals surface area (Å²) in [6.45, 7) is 0.380. The minimum absolute atomic E-state index is 0.265. The summed E-state index contributed by atoms with van der Waals surface area (Å²) in [6, 6.07) is 4.62. The molecule has 1 saturated carbocycles. The summed E-state index contributed by atoms with van der Waals surface area (Å²) in [5.74, 6) is 5.91. The van der Waals surface area contributed by atoms with Crippen LogP contribution in [0.1, 0.15) is 24.8 Å². The first-order valence-electron chi connectivity index (χ1n) is 5.81. The summed E-state index contributed by atoms with van der Waals surface area (Å²) in [5.41, 5.74) is 0.286. The van der Waals surface area contributed by atoms with E-state index in [1.165, 1.54) is 18.9 Å². The molecule has 1 aromatic carbocycles. The predicted octanol–water partition coefficient (Wildman–Crippen LogP) is 2.35. The molecule has 0 spiro atoms. The molecule has 0 saturated heterocycles. The Bertz CT molecular complexity index is 441. The van der Waals surface area contributed by atoms with Crippen LogP contribution in [0.25, 0.3) is 0 Å². The van der Waals surface area contributed by atoms with Gasteiger partial charge in [-0.05, 0) is 24.5 Å². The van der Waals surface area contributed by atoms with Gasteiger partial charge in [0, 0.05) is 6.07 Å². The lowest BCUT2D eigenvalue weighted by Gasteiger charge is -2.06. The van der Waals surface area contributed by atoms with Crippen LogP contribution in [0, 0.1) is 23.6 Å². The normalized spacial score (nSPS) is 14.0. The van der Waals surface area contributed by atoms with E-state index in [2.05, 4.69) is 11.8 Å². The minimum Gasteiger partial charge on any atom is -0.493 e. The van der Waals surface area contributed by atoms with Crippen LogP contribution in [0.3, 0.4) is 0 Å². The van der Waals surface area contributed by atoms with Crippen molar-refractivity contribution in [3.63, 3.8) is 0 Å². The Morgan fingerprint density at radius 2 is 2.24 bits per heavy atom. The summed E-state index contributed by atoms with van der Waals surface area (Å²) in [4.78, 5) is 0. The van der Waals surface area contributed by atoms with Crippen LogP contribution < -0.4 is 4.74 Å². The van der Waals surface area contributed by atoms with E-state index in [1.807, 2.05) is 0 Å². The zero-order valence-corrected chi connectivity index (χ0v) is 9.58. The van der Waals surface area contributed by atoms with Crippen molar-refractivity contribution in [1.29, 1.82) is 0 Å². The van der Waals surface area contributed by atoms with Crippen LogP contribution in [-0.2, 0) is 0 Å². The minimum atomic E-state index is -0.408. The predicted molar refractivity (Wildman–Crippen MR) is 63.2 cm³/mol. The van der Waals surface area contributed by atoms with Crippen LogP contribution in [0.2, 0.25) is 0 Å². The monoisotopic (exact) mass is 234 g/mol. The van der Waals surface area contributed by atoms with Gasteiger partial charge in [-0.1, -0.05) is 24.7 Å². The van der Waals surface area contributed by atoms with E-state index in [0.29, 0.717) is 12.4 Å². The summed E-state index contributed by atoms with van der Waals surface area (Å²) >= 11 is 0. The van der Waals surface area contributed by atoms with Gasteiger partial charge in [-0.25, -0.2) is 4.39 Å². The lowest BCUT2D eigenvalue weighted by Crippen LogP contribution is -1.99. The molecule has 1 aromatic rings. The number of rotatable bonds is 4. The maximum Gasteiger partial charge on any atom is 0.142 e. The molecule has 2 nitrogen and oxygen atoms in total. The molecule has 1 fully saturated rings. The van der Waals surface area contributed by atoms with Crippen molar-refractivity contribution in [3.05, 3.63) is 29.6 Å². The van der Waals surface area contributed by atoms with Gasteiger partial charge in [-0.2, -0.15) is 0 Å². The van der Waals surface area contributed by atoms with Gasteiger partial charge < -0.3 is 9.84 Å².